The summed E-state index contributed by atoms with van der Waals surface area (Å²) >= 11 is 0. The first-order valence-electron chi connectivity index (χ1n) is 4.82. The molecule has 0 aliphatic rings. The van der Waals surface area contributed by atoms with Crippen LogP contribution in [0.4, 0.5) is 4.79 Å². The zero-order chi connectivity index (χ0) is 12.0. The molecule has 2 amide bonds. The van der Waals surface area contributed by atoms with Crippen LogP contribution in [0.2, 0.25) is 0 Å². The van der Waals surface area contributed by atoms with E-state index in [1.807, 2.05) is 0 Å². The fraction of sp³-hybridized carbons (Fsp3) is 0.444. The van der Waals surface area contributed by atoms with Gasteiger partial charge in [0.2, 0.25) is 0 Å². The number of hydrogen-bond donors (Lipinski definition) is 3. The lowest BCUT2D eigenvalue weighted by Gasteiger charge is -2.10. The van der Waals surface area contributed by atoms with E-state index in [9.17, 15) is 9.59 Å². The number of hydrogen-bond acceptors (Lipinski definition) is 3. The molecule has 16 heavy (non-hydrogen) atoms. The minimum atomic E-state index is -1.07. The van der Waals surface area contributed by atoms with Crippen LogP contribution in [-0.2, 0) is 11.3 Å². The molecule has 1 aromatic rings. The Bertz CT molecular complexity index is 350. The minimum Gasteiger partial charge on any atom is -0.480 e. The summed E-state index contributed by atoms with van der Waals surface area (Å²) < 4.78 is 1.81. The van der Waals surface area contributed by atoms with Crippen LogP contribution in [0, 0.1) is 0 Å². The van der Waals surface area contributed by atoms with Gasteiger partial charge in [-0.15, -0.1) is 0 Å². The van der Waals surface area contributed by atoms with Crippen molar-refractivity contribution in [2.24, 2.45) is 0 Å². The first-order valence-corrected chi connectivity index (χ1v) is 4.82. The van der Waals surface area contributed by atoms with Crippen molar-refractivity contribution in [1.29, 1.82) is 0 Å². The molecule has 7 nitrogen and oxygen atoms in total. The molecule has 0 aliphatic carbocycles. The highest BCUT2D eigenvalue weighted by molar-refractivity contribution is 5.82. The van der Waals surface area contributed by atoms with Gasteiger partial charge in [0.1, 0.15) is 6.04 Å². The average Bonchev–Trinajstić information content (AvgIpc) is 2.70. The first-order chi connectivity index (χ1) is 7.59. The van der Waals surface area contributed by atoms with Crippen LogP contribution in [0.3, 0.4) is 0 Å². The third-order valence-corrected chi connectivity index (χ3v) is 1.93. The second-order valence-electron chi connectivity index (χ2n) is 3.26. The molecule has 3 N–H and O–H groups in total. The summed E-state index contributed by atoms with van der Waals surface area (Å²) in [4.78, 5) is 25.5. The summed E-state index contributed by atoms with van der Waals surface area (Å²) in [6, 6.07) is -1.39. The van der Waals surface area contributed by atoms with Crippen LogP contribution in [0.15, 0.2) is 18.7 Å². The zero-order valence-corrected chi connectivity index (χ0v) is 8.88. The number of urea groups is 1. The minimum absolute atomic E-state index is 0.411. The molecule has 7 heteroatoms. The Morgan fingerprint density at radius 3 is 2.88 bits per heavy atom. The van der Waals surface area contributed by atoms with Crippen LogP contribution < -0.4 is 10.6 Å². The molecule has 1 aromatic heterocycles. The summed E-state index contributed by atoms with van der Waals surface area (Å²) in [5.41, 5.74) is 0. The molecular formula is C9H14N4O3. The Hall–Kier alpha value is -2.05. The Morgan fingerprint density at radius 1 is 1.56 bits per heavy atom. The molecule has 0 spiro atoms. The molecule has 1 atom stereocenters. The lowest BCUT2D eigenvalue weighted by Crippen LogP contribution is -2.45. The number of carbonyl (C=O) groups excluding carboxylic acids is 1. The number of carboxylic acids is 1. The highest BCUT2D eigenvalue weighted by atomic mass is 16.4. The predicted molar refractivity (Wildman–Crippen MR) is 55.9 cm³/mol. The summed E-state index contributed by atoms with van der Waals surface area (Å²) in [5, 5.41) is 13.4. The van der Waals surface area contributed by atoms with Gasteiger partial charge < -0.3 is 20.3 Å². The van der Waals surface area contributed by atoms with Crippen molar-refractivity contribution >= 4 is 12.0 Å². The van der Waals surface area contributed by atoms with E-state index >= 15 is 0 Å². The monoisotopic (exact) mass is 226 g/mol. The predicted octanol–water partition coefficient (Wildman–Crippen LogP) is -0.345. The van der Waals surface area contributed by atoms with Crippen molar-refractivity contribution in [2.75, 3.05) is 6.54 Å². The molecule has 0 saturated heterocycles. The highest BCUT2D eigenvalue weighted by Crippen LogP contribution is 1.84. The van der Waals surface area contributed by atoms with Crippen molar-refractivity contribution in [3.8, 4) is 0 Å². The van der Waals surface area contributed by atoms with Gasteiger partial charge in [0.15, 0.2) is 0 Å². The van der Waals surface area contributed by atoms with E-state index in [4.69, 9.17) is 5.11 Å². The molecule has 88 valence electrons. The SMILES string of the molecule is C[C@@H](NC(=O)NCCn1ccnc1)C(=O)O. The normalized spacial score (nSPS) is 11.8. The van der Waals surface area contributed by atoms with E-state index in [-0.39, 0.29) is 0 Å². The van der Waals surface area contributed by atoms with E-state index in [0.29, 0.717) is 13.1 Å². The van der Waals surface area contributed by atoms with E-state index in [2.05, 4.69) is 15.6 Å². The molecular weight excluding hydrogens is 212 g/mol. The van der Waals surface area contributed by atoms with Crippen molar-refractivity contribution in [2.45, 2.75) is 19.5 Å². The van der Waals surface area contributed by atoms with Gasteiger partial charge in [-0.1, -0.05) is 0 Å². The van der Waals surface area contributed by atoms with Crippen LogP contribution in [0.1, 0.15) is 6.92 Å². The van der Waals surface area contributed by atoms with Gasteiger partial charge >= 0.3 is 12.0 Å². The van der Waals surface area contributed by atoms with Crippen LogP contribution >= 0.6 is 0 Å². The summed E-state index contributed by atoms with van der Waals surface area (Å²) in [6.45, 7) is 2.40. The topological polar surface area (TPSA) is 96.3 Å². The Morgan fingerprint density at radius 2 is 2.31 bits per heavy atom. The smallest absolute Gasteiger partial charge is 0.325 e. The van der Waals surface area contributed by atoms with Crippen molar-refractivity contribution in [1.82, 2.24) is 20.2 Å². The Balaban J connectivity index is 2.18. The van der Waals surface area contributed by atoms with Gasteiger partial charge in [-0.2, -0.15) is 0 Å². The van der Waals surface area contributed by atoms with Crippen molar-refractivity contribution in [3.05, 3.63) is 18.7 Å². The average molecular weight is 226 g/mol. The maximum absolute atomic E-state index is 11.2. The molecule has 0 bridgehead atoms. The van der Waals surface area contributed by atoms with Gasteiger partial charge in [0.25, 0.3) is 0 Å². The molecule has 0 saturated carbocycles. The highest BCUT2D eigenvalue weighted by Gasteiger charge is 2.12. The number of carboxylic acid groups (broad SMARTS) is 1. The maximum Gasteiger partial charge on any atom is 0.325 e. The standard InChI is InChI=1S/C9H14N4O3/c1-7(8(14)15)12-9(16)11-3-5-13-4-2-10-6-13/h2,4,6-7H,3,5H2,1H3,(H,14,15)(H2,11,12,16)/t7-/m1/s1. The summed E-state index contributed by atoms with van der Waals surface area (Å²) in [5.74, 6) is -1.07. The lowest BCUT2D eigenvalue weighted by molar-refractivity contribution is -0.138. The van der Waals surface area contributed by atoms with Crippen LogP contribution in [-0.4, -0.2) is 39.2 Å². The second kappa shape index (κ2) is 5.74. The van der Waals surface area contributed by atoms with Gasteiger partial charge in [0.05, 0.1) is 6.33 Å². The fourth-order valence-electron chi connectivity index (χ4n) is 1.03. The summed E-state index contributed by atoms with van der Waals surface area (Å²) in [6.07, 6.45) is 5.06. The lowest BCUT2D eigenvalue weighted by atomic mass is 10.3. The number of amides is 2. The van der Waals surface area contributed by atoms with Gasteiger partial charge in [0, 0.05) is 25.5 Å². The number of nitrogens with one attached hydrogen (secondary N) is 2. The number of carbonyl (C=O) groups is 2. The van der Waals surface area contributed by atoms with Gasteiger partial charge in [-0.3, -0.25) is 4.79 Å². The molecule has 1 rings (SSSR count). The molecule has 0 fully saturated rings. The van der Waals surface area contributed by atoms with E-state index in [0.717, 1.165) is 0 Å². The molecule has 0 unspecified atom stereocenters. The third kappa shape index (κ3) is 3.99. The third-order valence-electron chi connectivity index (χ3n) is 1.93. The molecule has 0 aliphatic heterocycles. The fourth-order valence-corrected chi connectivity index (χ4v) is 1.03. The first kappa shape index (κ1) is 12.0. The van der Waals surface area contributed by atoms with Crippen molar-refractivity contribution < 1.29 is 14.7 Å². The number of nitrogens with zero attached hydrogens (tertiary/aromatic N) is 2. The number of imidazole rings is 1. The van der Waals surface area contributed by atoms with E-state index in [1.165, 1.54) is 6.92 Å². The molecule has 0 radical (unpaired) electrons. The zero-order valence-electron chi connectivity index (χ0n) is 8.88. The quantitative estimate of drug-likeness (QED) is 0.639. The van der Waals surface area contributed by atoms with Crippen LogP contribution in [0.5, 0.6) is 0 Å². The van der Waals surface area contributed by atoms with Crippen LogP contribution in [0.25, 0.3) is 0 Å². The number of rotatable bonds is 5. The Labute approximate surface area is 92.5 Å². The van der Waals surface area contributed by atoms with E-state index in [1.54, 1.807) is 23.3 Å². The number of aliphatic carboxylic acids is 1. The molecule has 0 aromatic carbocycles. The summed E-state index contributed by atoms with van der Waals surface area (Å²) in [7, 11) is 0. The van der Waals surface area contributed by atoms with E-state index < -0.39 is 18.0 Å². The largest absolute Gasteiger partial charge is 0.480 e. The van der Waals surface area contributed by atoms with Crippen molar-refractivity contribution in [3.63, 3.8) is 0 Å². The van der Waals surface area contributed by atoms with Gasteiger partial charge in [-0.25, -0.2) is 9.78 Å². The Kier molecular flexibility index (Phi) is 4.31. The maximum atomic E-state index is 11.2. The number of aromatic nitrogens is 2. The second-order valence-corrected chi connectivity index (χ2v) is 3.26. The van der Waals surface area contributed by atoms with Gasteiger partial charge in [-0.05, 0) is 6.92 Å². The molecule has 1 heterocycles.